The molecule has 2 heterocycles. The minimum atomic E-state index is -0.126. The average Bonchev–Trinajstić information content (AvgIpc) is 2.32. The summed E-state index contributed by atoms with van der Waals surface area (Å²) in [7, 11) is 1.84. The molecular weight excluding hydrogens is 204 g/mol. The van der Waals surface area contributed by atoms with Crippen LogP contribution in [0.1, 0.15) is 5.69 Å². The van der Waals surface area contributed by atoms with E-state index in [1.807, 2.05) is 19.2 Å². The zero-order valence-corrected chi connectivity index (χ0v) is 8.92. The van der Waals surface area contributed by atoms with Crippen LogP contribution in [0.3, 0.4) is 0 Å². The molecule has 0 aliphatic rings. The zero-order valence-electron chi connectivity index (χ0n) is 8.92. The lowest BCUT2D eigenvalue weighted by atomic mass is 10.3. The fraction of sp³-hybridized carbons (Fsp3) is 0.182. The highest BCUT2D eigenvalue weighted by molar-refractivity contribution is 5.42. The van der Waals surface area contributed by atoms with Crippen molar-refractivity contribution >= 4 is 5.69 Å². The maximum Gasteiger partial charge on any atom is 0.267 e. The Morgan fingerprint density at radius 1 is 1.38 bits per heavy atom. The summed E-state index contributed by atoms with van der Waals surface area (Å²) in [5.41, 5.74) is 1.64. The number of nitrogens with one attached hydrogen (secondary N) is 1. The molecule has 82 valence electrons. The summed E-state index contributed by atoms with van der Waals surface area (Å²) in [5, 5.41) is 6.99. The van der Waals surface area contributed by atoms with Crippen molar-refractivity contribution < 1.29 is 0 Å². The number of hydrogen-bond acceptors (Lipinski definition) is 4. The summed E-state index contributed by atoms with van der Waals surface area (Å²) in [4.78, 5) is 15.6. The van der Waals surface area contributed by atoms with Gasteiger partial charge in [0.1, 0.15) is 0 Å². The summed E-state index contributed by atoms with van der Waals surface area (Å²) in [6, 6.07) is 6.86. The van der Waals surface area contributed by atoms with E-state index >= 15 is 0 Å². The van der Waals surface area contributed by atoms with Crippen molar-refractivity contribution in [3.8, 4) is 0 Å². The molecule has 2 aromatic heterocycles. The van der Waals surface area contributed by atoms with Crippen molar-refractivity contribution in [3.63, 3.8) is 0 Å². The number of pyridine rings is 1. The molecule has 0 amide bonds. The highest BCUT2D eigenvalue weighted by Crippen LogP contribution is 2.06. The minimum absolute atomic E-state index is 0.126. The van der Waals surface area contributed by atoms with Gasteiger partial charge in [-0.25, -0.2) is 4.68 Å². The Morgan fingerprint density at radius 3 is 3.00 bits per heavy atom. The lowest BCUT2D eigenvalue weighted by Crippen LogP contribution is -2.22. The van der Waals surface area contributed by atoms with Gasteiger partial charge in [0.2, 0.25) is 0 Å². The van der Waals surface area contributed by atoms with Crippen LogP contribution in [0.5, 0.6) is 0 Å². The molecular formula is C11H12N4O. The third-order valence-electron chi connectivity index (χ3n) is 2.20. The number of hydrogen-bond donors (Lipinski definition) is 1. The number of nitrogens with zero attached hydrogens (tertiary/aromatic N) is 3. The Balaban J connectivity index is 2.27. The summed E-state index contributed by atoms with van der Waals surface area (Å²) in [5.74, 6) is 0. The highest BCUT2D eigenvalue weighted by atomic mass is 16.1. The molecule has 0 fully saturated rings. The molecule has 0 saturated heterocycles. The predicted molar refractivity (Wildman–Crippen MR) is 61.4 cm³/mol. The van der Waals surface area contributed by atoms with Gasteiger partial charge in [-0.2, -0.15) is 5.10 Å². The SMILES string of the molecule is CNc1ccnc(Cn2ncccc2=O)c1. The van der Waals surface area contributed by atoms with E-state index in [9.17, 15) is 4.79 Å². The first-order valence-electron chi connectivity index (χ1n) is 4.94. The molecule has 5 nitrogen and oxygen atoms in total. The summed E-state index contributed by atoms with van der Waals surface area (Å²) in [6.45, 7) is 0.384. The van der Waals surface area contributed by atoms with Crippen LogP contribution in [0, 0.1) is 0 Å². The Labute approximate surface area is 92.8 Å². The third kappa shape index (κ3) is 2.25. The van der Waals surface area contributed by atoms with Gasteiger partial charge < -0.3 is 5.32 Å². The van der Waals surface area contributed by atoms with Gasteiger partial charge in [-0.1, -0.05) is 0 Å². The van der Waals surface area contributed by atoms with E-state index in [0.29, 0.717) is 6.54 Å². The Hall–Kier alpha value is -2.17. The summed E-state index contributed by atoms with van der Waals surface area (Å²) in [6.07, 6.45) is 3.29. The standard InChI is InChI=1S/C11H12N4O/c1-12-9-4-6-13-10(7-9)8-15-11(16)3-2-5-14-15/h2-7H,8H2,1H3,(H,12,13). The van der Waals surface area contributed by atoms with Crippen LogP contribution in [0.15, 0.2) is 41.5 Å². The van der Waals surface area contributed by atoms with Crippen molar-refractivity contribution in [2.24, 2.45) is 0 Å². The van der Waals surface area contributed by atoms with Gasteiger partial charge in [0, 0.05) is 31.2 Å². The molecule has 1 N–H and O–H groups in total. The quantitative estimate of drug-likeness (QED) is 0.821. The van der Waals surface area contributed by atoms with Gasteiger partial charge >= 0.3 is 0 Å². The van der Waals surface area contributed by atoms with Crippen molar-refractivity contribution in [3.05, 3.63) is 52.7 Å². The first-order valence-corrected chi connectivity index (χ1v) is 4.94. The zero-order chi connectivity index (χ0) is 11.4. The van der Waals surface area contributed by atoms with Crippen LogP contribution < -0.4 is 10.9 Å². The number of aromatic nitrogens is 3. The molecule has 5 heteroatoms. The topological polar surface area (TPSA) is 59.8 Å². The summed E-state index contributed by atoms with van der Waals surface area (Å²) >= 11 is 0. The smallest absolute Gasteiger partial charge is 0.267 e. The molecule has 0 aliphatic heterocycles. The maximum atomic E-state index is 11.4. The van der Waals surface area contributed by atoms with E-state index in [0.717, 1.165) is 11.4 Å². The normalized spacial score (nSPS) is 10.1. The molecule has 0 spiro atoms. The molecule has 0 bridgehead atoms. The van der Waals surface area contributed by atoms with Crippen LogP contribution in [-0.2, 0) is 6.54 Å². The fourth-order valence-electron chi connectivity index (χ4n) is 1.38. The Bertz CT molecular complexity index is 535. The lowest BCUT2D eigenvalue weighted by Gasteiger charge is -2.05. The van der Waals surface area contributed by atoms with Crippen molar-refractivity contribution in [2.45, 2.75) is 6.54 Å². The maximum absolute atomic E-state index is 11.4. The minimum Gasteiger partial charge on any atom is -0.388 e. The second-order valence-corrected chi connectivity index (χ2v) is 3.31. The van der Waals surface area contributed by atoms with Gasteiger partial charge in [0.25, 0.3) is 5.56 Å². The highest BCUT2D eigenvalue weighted by Gasteiger charge is 2.00. The number of rotatable bonds is 3. The van der Waals surface area contributed by atoms with E-state index < -0.39 is 0 Å². The van der Waals surface area contributed by atoms with Crippen LogP contribution in [0.25, 0.3) is 0 Å². The second kappa shape index (κ2) is 4.57. The average molecular weight is 216 g/mol. The van der Waals surface area contributed by atoms with Gasteiger partial charge in [0.05, 0.1) is 12.2 Å². The molecule has 0 unspecified atom stereocenters. The predicted octanol–water partition coefficient (Wildman–Crippen LogP) is 0.728. The van der Waals surface area contributed by atoms with Gasteiger partial charge in [0.15, 0.2) is 0 Å². The molecule has 2 rings (SSSR count). The molecule has 0 atom stereocenters. The van der Waals surface area contributed by atoms with E-state index in [1.54, 1.807) is 18.5 Å². The molecule has 0 radical (unpaired) electrons. The van der Waals surface area contributed by atoms with E-state index in [2.05, 4.69) is 15.4 Å². The van der Waals surface area contributed by atoms with E-state index in [4.69, 9.17) is 0 Å². The second-order valence-electron chi connectivity index (χ2n) is 3.31. The molecule has 2 aromatic rings. The number of anilines is 1. The molecule has 0 aliphatic carbocycles. The van der Waals surface area contributed by atoms with Crippen molar-refractivity contribution in [2.75, 3.05) is 12.4 Å². The van der Waals surface area contributed by atoms with E-state index in [1.165, 1.54) is 10.7 Å². The first kappa shape index (κ1) is 10.4. The van der Waals surface area contributed by atoms with Crippen LogP contribution in [-0.4, -0.2) is 21.8 Å². The molecule has 0 saturated carbocycles. The summed E-state index contributed by atoms with van der Waals surface area (Å²) < 4.78 is 1.38. The van der Waals surface area contributed by atoms with Crippen molar-refractivity contribution in [1.29, 1.82) is 0 Å². The van der Waals surface area contributed by atoms with Gasteiger partial charge in [-0.05, 0) is 18.2 Å². The first-order chi connectivity index (χ1) is 7.79. The largest absolute Gasteiger partial charge is 0.388 e. The molecule has 16 heavy (non-hydrogen) atoms. The van der Waals surface area contributed by atoms with Gasteiger partial charge in [-0.3, -0.25) is 9.78 Å². The fourth-order valence-corrected chi connectivity index (χ4v) is 1.38. The molecule has 0 aromatic carbocycles. The van der Waals surface area contributed by atoms with Crippen LogP contribution in [0.2, 0.25) is 0 Å². The van der Waals surface area contributed by atoms with Crippen LogP contribution >= 0.6 is 0 Å². The Morgan fingerprint density at radius 2 is 2.25 bits per heavy atom. The third-order valence-corrected chi connectivity index (χ3v) is 2.20. The lowest BCUT2D eigenvalue weighted by molar-refractivity contribution is 0.628. The van der Waals surface area contributed by atoms with Gasteiger partial charge in [-0.15, -0.1) is 0 Å². The monoisotopic (exact) mass is 216 g/mol. The van der Waals surface area contributed by atoms with Crippen LogP contribution in [0.4, 0.5) is 5.69 Å². The Kier molecular flexibility index (Phi) is 2.95. The van der Waals surface area contributed by atoms with Crippen molar-refractivity contribution in [1.82, 2.24) is 14.8 Å². The van der Waals surface area contributed by atoms with E-state index in [-0.39, 0.29) is 5.56 Å².